The van der Waals surface area contributed by atoms with Gasteiger partial charge in [0.25, 0.3) is 0 Å². The Morgan fingerprint density at radius 1 is 0.812 bits per heavy atom. The van der Waals surface area contributed by atoms with Gasteiger partial charge in [-0.15, -0.1) is 0 Å². The zero-order valence-electron chi connectivity index (χ0n) is 10.8. The second-order valence-electron chi connectivity index (χ2n) is 5.89. The lowest BCUT2D eigenvalue weighted by molar-refractivity contribution is 0.00751. The summed E-state index contributed by atoms with van der Waals surface area (Å²) in [5.41, 5.74) is 0. The largest absolute Gasteiger partial charge is 0.378 e. The molecule has 0 N–H and O–H groups in total. The van der Waals surface area contributed by atoms with Crippen molar-refractivity contribution in [2.45, 2.75) is 58.5 Å². The minimum Gasteiger partial charge on any atom is -0.378 e. The molecule has 1 heteroatoms. The molecule has 2 fully saturated rings. The van der Waals surface area contributed by atoms with Gasteiger partial charge in [0.1, 0.15) is 0 Å². The van der Waals surface area contributed by atoms with Crippen LogP contribution in [0.3, 0.4) is 0 Å². The van der Waals surface area contributed by atoms with Gasteiger partial charge in [-0.1, -0.05) is 31.9 Å². The van der Waals surface area contributed by atoms with Crippen molar-refractivity contribution in [2.75, 3.05) is 6.61 Å². The molecule has 2 unspecified atom stereocenters. The van der Waals surface area contributed by atoms with Crippen LogP contribution in [0.5, 0.6) is 0 Å². The quantitative estimate of drug-likeness (QED) is 0.637. The van der Waals surface area contributed by atoms with Crippen LogP contribution >= 0.6 is 0 Å². The fourth-order valence-corrected chi connectivity index (χ4v) is 2.85. The van der Waals surface area contributed by atoms with E-state index in [4.69, 9.17) is 4.74 Å². The molecule has 0 amide bonds. The molecule has 92 valence electrons. The van der Waals surface area contributed by atoms with Crippen LogP contribution in [0.2, 0.25) is 0 Å². The number of rotatable bonds is 2. The van der Waals surface area contributed by atoms with E-state index in [1.807, 2.05) is 0 Å². The molecule has 1 saturated heterocycles. The monoisotopic (exact) mass is 222 g/mol. The van der Waals surface area contributed by atoms with Crippen LogP contribution in [0.25, 0.3) is 0 Å². The highest BCUT2D eigenvalue weighted by Crippen LogP contribution is 2.30. The summed E-state index contributed by atoms with van der Waals surface area (Å²) in [5, 5.41) is 0. The maximum absolute atomic E-state index is 5.70. The van der Waals surface area contributed by atoms with Crippen molar-refractivity contribution < 1.29 is 4.74 Å². The molecular weight excluding hydrogens is 196 g/mol. The van der Waals surface area contributed by atoms with Crippen LogP contribution in [0.1, 0.15) is 52.4 Å². The summed E-state index contributed by atoms with van der Waals surface area (Å²) < 4.78 is 5.70. The standard InChI is InChI=1S/C15H26O/c1-12-3-6-14(7-4-12)9-10-15-8-5-13(2)16-11-15/h9-10,12-15H,3-8,11H2,1-2H3. The average molecular weight is 222 g/mol. The molecule has 1 aliphatic carbocycles. The minimum absolute atomic E-state index is 0.486. The van der Waals surface area contributed by atoms with Gasteiger partial charge in [-0.3, -0.25) is 0 Å². The number of allylic oxidation sites excluding steroid dienone is 1. The third kappa shape index (κ3) is 3.62. The van der Waals surface area contributed by atoms with Crippen LogP contribution in [-0.2, 0) is 4.74 Å². The Hall–Kier alpha value is -0.300. The topological polar surface area (TPSA) is 9.23 Å². The van der Waals surface area contributed by atoms with Gasteiger partial charge < -0.3 is 4.74 Å². The van der Waals surface area contributed by atoms with E-state index in [0.29, 0.717) is 12.0 Å². The maximum atomic E-state index is 5.70. The molecule has 2 rings (SSSR count). The molecule has 0 aromatic carbocycles. The first-order chi connectivity index (χ1) is 7.74. The van der Waals surface area contributed by atoms with Crippen LogP contribution in [0.4, 0.5) is 0 Å². The highest BCUT2D eigenvalue weighted by Gasteiger charge is 2.18. The molecule has 0 radical (unpaired) electrons. The molecule has 1 saturated carbocycles. The van der Waals surface area contributed by atoms with Gasteiger partial charge in [0, 0.05) is 5.92 Å². The number of hydrogen-bond donors (Lipinski definition) is 0. The predicted octanol–water partition coefficient (Wildman–Crippen LogP) is 4.18. The molecule has 2 aliphatic rings. The minimum atomic E-state index is 0.486. The van der Waals surface area contributed by atoms with E-state index < -0.39 is 0 Å². The van der Waals surface area contributed by atoms with E-state index in [-0.39, 0.29) is 0 Å². The zero-order chi connectivity index (χ0) is 11.4. The van der Waals surface area contributed by atoms with Crippen LogP contribution in [0.15, 0.2) is 12.2 Å². The lowest BCUT2D eigenvalue weighted by Gasteiger charge is -2.26. The Balaban J connectivity index is 1.72. The van der Waals surface area contributed by atoms with Crippen LogP contribution < -0.4 is 0 Å². The first-order valence-electron chi connectivity index (χ1n) is 7.04. The van der Waals surface area contributed by atoms with Gasteiger partial charge in [0.2, 0.25) is 0 Å². The van der Waals surface area contributed by atoms with Crippen molar-refractivity contribution >= 4 is 0 Å². The Bertz CT molecular complexity index is 194. The normalized spacial score (nSPS) is 41.4. The average Bonchev–Trinajstić information content (AvgIpc) is 2.30. The summed E-state index contributed by atoms with van der Waals surface area (Å²) >= 11 is 0. The molecule has 0 bridgehead atoms. The third-order valence-corrected chi connectivity index (χ3v) is 4.25. The first kappa shape index (κ1) is 12.2. The molecule has 1 heterocycles. The third-order valence-electron chi connectivity index (χ3n) is 4.25. The number of ether oxygens (including phenoxy) is 1. The van der Waals surface area contributed by atoms with Crippen molar-refractivity contribution in [1.82, 2.24) is 0 Å². The highest BCUT2D eigenvalue weighted by molar-refractivity contribution is 4.95. The van der Waals surface area contributed by atoms with Crippen LogP contribution in [-0.4, -0.2) is 12.7 Å². The van der Waals surface area contributed by atoms with E-state index in [9.17, 15) is 0 Å². The van der Waals surface area contributed by atoms with E-state index in [0.717, 1.165) is 18.4 Å². The SMILES string of the molecule is CC1CCC(C=CC2CCC(C)OC2)CC1. The molecular formula is C15H26O. The highest BCUT2D eigenvalue weighted by atomic mass is 16.5. The summed E-state index contributed by atoms with van der Waals surface area (Å²) in [6.07, 6.45) is 13.6. The van der Waals surface area contributed by atoms with Gasteiger partial charge in [-0.25, -0.2) is 0 Å². The van der Waals surface area contributed by atoms with Crippen molar-refractivity contribution in [1.29, 1.82) is 0 Å². The molecule has 0 spiro atoms. The Morgan fingerprint density at radius 2 is 1.44 bits per heavy atom. The number of hydrogen-bond acceptors (Lipinski definition) is 1. The second kappa shape index (κ2) is 5.86. The van der Waals surface area contributed by atoms with Gasteiger partial charge in [-0.05, 0) is 44.4 Å². The Morgan fingerprint density at radius 3 is 2.06 bits per heavy atom. The summed E-state index contributed by atoms with van der Waals surface area (Å²) in [4.78, 5) is 0. The fraction of sp³-hybridized carbons (Fsp3) is 0.867. The van der Waals surface area contributed by atoms with Gasteiger partial charge in [0.15, 0.2) is 0 Å². The summed E-state index contributed by atoms with van der Waals surface area (Å²) in [6.45, 7) is 5.51. The predicted molar refractivity (Wildman–Crippen MR) is 68.4 cm³/mol. The first-order valence-corrected chi connectivity index (χ1v) is 7.04. The zero-order valence-corrected chi connectivity index (χ0v) is 10.8. The summed E-state index contributed by atoms with van der Waals surface area (Å²) in [7, 11) is 0. The maximum Gasteiger partial charge on any atom is 0.0547 e. The lowest BCUT2D eigenvalue weighted by Crippen LogP contribution is -2.22. The molecule has 0 aromatic rings. The summed E-state index contributed by atoms with van der Waals surface area (Å²) in [5.74, 6) is 2.51. The van der Waals surface area contributed by atoms with Crippen molar-refractivity contribution in [3.05, 3.63) is 12.2 Å². The van der Waals surface area contributed by atoms with Gasteiger partial charge in [0.05, 0.1) is 12.7 Å². The Labute approximate surface area is 100 Å². The van der Waals surface area contributed by atoms with Gasteiger partial charge in [-0.2, -0.15) is 0 Å². The molecule has 1 nitrogen and oxygen atoms in total. The van der Waals surface area contributed by atoms with E-state index >= 15 is 0 Å². The van der Waals surface area contributed by atoms with Crippen molar-refractivity contribution in [2.24, 2.45) is 17.8 Å². The van der Waals surface area contributed by atoms with Crippen molar-refractivity contribution in [3.63, 3.8) is 0 Å². The van der Waals surface area contributed by atoms with E-state index in [2.05, 4.69) is 26.0 Å². The Kier molecular flexibility index (Phi) is 4.45. The molecule has 16 heavy (non-hydrogen) atoms. The smallest absolute Gasteiger partial charge is 0.0547 e. The van der Waals surface area contributed by atoms with Gasteiger partial charge >= 0.3 is 0 Å². The van der Waals surface area contributed by atoms with E-state index in [1.54, 1.807) is 0 Å². The van der Waals surface area contributed by atoms with Crippen molar-refractivity contribution in [3.8, 4) is 0 Å². The van der Waals surface area contributed by atoms with Crippen LogP contribution in [0, 0.1) is 17.8 Å². The summed E-state index contributed by atoms with van der Waals surface area (Å²) in [6, 6.07) is 0. The molecule has 1 aliphatic heterocycles. The fourth-order valence-electron chi connectivity index (χ4n) is 2.85. The molecule has 0 aromatic heterocycles. The lowest BCUT2D eigenvalue weighted by atomic mass is 9.82. The van der Waals surface area contributed by atoms with E-state index in [1.165, 1.54) is 38.5 Å². The second-order valence-corrected chi connectivity index (χ2v) is 5.89. The molecule has 2 atom stereocenters.